The molecule has 1 aliphatic rings. The van der Waals surface area contributed by atoms with Crippen LogP contribution in [0.15, 0.2) is 8.68 Å². The molecule has 3 rings (SSSR count). The molecule has 0 radical (unpaired) electrons. The number of anilines is 1. The SMILES string of the molecule is CCSc1nnc(SCC(=O)Nc2sc3c(c2C#N)CCCC3)s1. The molecule has 0 atom stereocenters. The van der Waals surface area contributed by atoms with Crippen molar-refractivity contribution in [1.29, 1.82) is 5.26 Å². The number of amides is 1. The summed E-state index contributed by atoms with van der Waals surface area (Å²) in [6.45, 7) is 2.07. The second kappa shape index (κ2) is 8.34. The number of carbonyl (C=O) groups excluding carboxylic acids is 1. The molecular formula is C15H16N4OS4. The smallest absolute Gasteiger partial charge is 0.235 e. The van der Waals surface area contributed by atoms with Gasteiger partial charge in [0.2, 0.25) is 5.91 Å². The van der Waals surface area contributed by atoms with Gasteiger partial charge in [-0.2, -0.15) is 5.26 Å². The number of nitrogens with zero attached hydrogens (tertiary/aromatic N) is 3. The van der Waals surface area contributed by atoms with Crippen molar-refractivity contribution in [2.45, 2.75) is 41.3 Å². The molecule has 0 fully saturated rings. The van der Waals surface area contributed by atoms with Crippen molar-refractivity contribution in [2.24, 2.45) is 0 Å². The van der Waals surface area contributed by atoms with E-state index in [1.807, 2.05) is 0 Å². The zero-order valence-corrected chi connectivity index (χ0v) is 16.4. The molecule has 24 heavy (non-hydrogen) atoms. The molecule has 9 heteroatoms. The van der Waals surface area contributed by atoms with E-state index in [1.54, 1.807) is 23.1 Å². The average molecular weight is 397 g/mol. The largest absolute Gasteiger partial charge is 0.316 e. The molecule has 0 aliphatic heterocycles. The normalized spacial score (nSPS) is 13.3. The highest BCUT2D eigenvalue weighted by atomic mass is 32.2. The number of thiophene rings is 1. The summed E-state index contributed by atoms with van der Waals surface area (Å²) in [4.78, 5) is 13.5. The van der Waals surface area contributed by atoms with Gasteiger partial charge in [0.05, 0.1) is 11.3 Å². The molecule has 1 amide bonds. The first kappa shape index (κ1) is 17.7. The van der Waals surface area contributed by atoms with Crippen LogP contribution in [0.4, 0.5) is 5.00 Å². The third kappa shape index (κ3) is 4.11. The van der Waals surface area contributed by atoms with Crippen LogP contribution in [0.3, 0.4) is 0 Å². The monoisotopic (exact) mass is 396 g/mol. The van der Waals surface area contributed by atoms with Gasteiger partial charge in [0.15, 0.2) is 8.68 Å². The van der Waals surface area contributed by atoms with Crippen LogP contribution >= 0.6 is 46.2 Å². The molecule has 0 saturated carbocycles. The van der Waals surface area contributed by atoms with Gasteiger partial charge in [0, 0.05) is 4.88 Å². The van der Waals surface area contributed by atoms with Crippen molar-refractivity contribution in [1.82, 2.24) is 10.2 Å². The molecule has 0 aromatic carbocycles. The number of nitrogens with one attached hydrogen (secondary N) is 1. The number of hydrogen-bond acceptors (Lipinski definition) is 8. The lowest BCUT2D eigenvalue weighted by Gasteiger charge is -2.09. The Hall–Kier alpha value is -1.08. The third-order valence-corrected chi connectivity index (χ3v) is 7.80. The van der Waals surface area contributed by atoms with Gasteiger partial charge in [-0.25, -0.2) is 0 Å². The minimum atomic E-state index is -0.102. The maximum absolute atomic E-state index is 12.2. The van der Waals surface area contributed by atoms with Crippen molar-refractivity contribution >= 4 is 57.1 Å². The van der Waals surface area contributed by atoms with Gasteiger partial charge >= 0.3 is 0 Å². The molecule has 1 N–H and O–H groups in total. The van der Waals surface area contributed by atoms with Crippen molar-refractivity contribution in [2.75, 3.05) is 16.8 Å². The molecular weight excluding hydrogens is 380 g/mol. The number of carbonyl (C=O) groups is 1. The van der Waals surface area contributed by atoms with E-state index in [0.717, 1.165) is 45.7 Å². The summed E-state index contributed by atoms with van der Waals surface area (Å²) in [6, 6.07) is 2.27. The van der Waals surface area contributed by atoms with Crippen LogP contribution in [-0.2, 0) is 17.6 Å². The van der Waals surface area contributed by atoms with E-state index in [2.05, 4.69) is 28.5 Å². The molecule has 2 heterocycles. The van der Waals surface area contributed by atoms with Crippen molar-refractivity contribution in [3.8, 4) is 6.07 Å². The molecule has 0 bridgehead atoms. The van der Waals surface area contributed by atoms with Gasteiger partial charge in [-0.05, 0) is 37.0 Å². The first-order valence-corrected chi connectivity index (χ1v) is 11.2. The van der Waals surface area contributed by atoms with Crippen LogP contribution in [0.5, 0.6) is 0 Å². The highest BCUT2D eigenvalue weighted by Gasteiger charge is 2.21. The van der Waals surface area contributed by atoms with Crippen LogP contribution < -0.4 is 5.32 Å². The number of nitriles is 1. The number of fused-ring (bicyclic) bond motifs is 1. The summed E-state index contributed by atoms with van der Waals surface area (Å²) in [5.41, 5.74) is 1.80. The maximum atomic E-state index is 12.2. The van der Waals surface area contributed by atoms with E-state index >= 15 is 0 Å². The third-order valence-electron chi connectivity index (χ3n) is 3.52. The molecule has 5 nitrogen and oxygen atoms in total. The van der Waals surface area contributed by atoms with E-state index < -0.39 is 0 Å². The van der Waals surface area contributed by atoms with Crippen LogP contribution in [0.1, 0.15) is 35.8 Å². The second-order valence-corrected chi connectivity index (χ2v) is 9.95. The zero-order valence-electron chi connectivity index (χ0n) is 13.1. The molecule has 0 unspecified atom stereocenters. The Morgan fingerprint density at radius 2 is 2.00 bits per heavy atom. The summed E-state index contributed by atoms with van der Waals surface area (Å²) >= 11 is 6.10. The van der Waals surface area contributed by atoms with E-state index in [0.29, 0.717) is 10.6 Å². The van der Waals surface area contributed by atoms with Gasteiger partial charge in [-0.3, -0.25) is 4.79 Å². The Balaban J connectivity index is 1.60. The molecule has 2 aromatic rings. The van der Waals surface area contributed by atoms with Gasteiger partial charge in [0.25, 0.3) is 0 Å². The molecule has 126 valence electrons. The second-order valence-electron chi connectivity index (χ2n) is 5.13. The van der Waals surface area contributed by atoms with Crippen molar-refractivity contribution in [3.63, 3.8) is 0 Å². The van der Waals surface area contributed by atoms with Gasteiger partial charge in [0.1, 0.15) is 11.1 Å². The predicted octanol–water partition coefficient (Wildman–Crippen LogP) is 4.19. The summed E-state index contributed by atoms with van der Waals surface area (Å²) in [6.07, 6.45) is 4.25. The Morgan fingerprint density at radius 1 is 1.25 bits per heavy atom. The van der Waals surface area contributed by atoms with E-state index in [1.165, 1.54) is 28.0 Å². The number of hydrogen-bond donors (Lipinski definition) is 1. The van der Waals surface area contributed by atoms with E-state index in [-0.39, 0.29) is 11.7 Å². The Labute approximate surface area is 157 Å². The lowest BCUT2D eigenvalue weighted by molar-refractivity contribution is -0.113. The Morgan fingerprint density at radius 3 is 2.75 bits per heavy atom. The fraction of sp³-hybridized carbons (Fsp3) is 0.467. The minimum absolute atomic E-state index is 0.102. The van der Waals surface area contributed by atoms with Crippen molar-refractivity contribution in [3.05, 3.63) is 16.0 Å². The first-order valence-electron chi connectivity index (χ1n) is 7.64. The highest BCUT2D eigenvalue weighted by molar-refractivity contribution is 8.03. The predicted molar refractivity (Wildman–Crippen MR) is 101 cm³/mol. The summed E-state index contributed by atoms with van der Waals surface area (Å²) in [5, 5.41) is 21.2. The first-order chi connectivity index (χ1) is 11.7. The summed E-state index contributed by atoms with van der Waals surface area (Å²) < 4.78 is 1.73. The highest BCUT2D eigenvalue weighted by Crippen LogP contribution is 2.37. The number of aryl methyl sites for hydroxylation is 1. The standard InChI is InChI=1S/C15H16N4OS4/c1-2-21-14-18-19-15(24-14)22-8-12(20)17-13-10(7-16)9-5-3-4-6-11(9)23-13/h2-6,8H2,1H3,(H,17,20). The van der Waals surface area contributed by atoms with Gasteiger partial charge in [-0.15, -0.1) is 21.5 Å². The number of thioether (sulfide) groups is 2. The van der Waals surface area contributed by atoms with Crippen LogP contribution in [0.25, 0.3) is 0 Å². The quantitative estimate of drug-likeness (QED) is 0.738. The lowest BCUT2D eigenvalue weighted by Crippen LogP contribution is -2.13. The Bertz CT molecular complexity index is 777. The fourth-order valence-electron chi connectivity index (χ4n) is 2.50. The Kier molecular flexibility index (Phi) is 6.16. The molecule has 1 aliphatic carbocycles. The van der Waals surface area contributed by atoms with Gasteiger partial charge < -0.3 is 5.32 Å². The fourth-order valence-corrected chi connectivity index (χ4v) is 6.47. The average Bonchev–Trinajstić information content (AvgIpc) is 3.17. The molecule has 2 aromatic heterocycles. The van der Waals surface area contributed by atoms with Crippen LogP contribution in [0.2, 0.25) is 0 Å². The number of aromatic nitrogens is 2. The van der Waals surface area contributed by atoms with Crippen molar-refractivity contribution < 1.29 is 4.79 Å². The van der Waals surface area contributed by atoms with Crippen LogP contribution in [-0.4, -0.2) is 27.6 Å². The summed E-state index contributed by atoms with van der Waals surface area (Å²) in [5.74, 6) is 1.13. The minimum Gasteiger partial charge on any atom is -0.316 e. The molecule has 0 saturated heterocycles. The maximum Gasteiger partial charge on any atom is 0.235 e. The molecule has 0 spiro atoms. The summed E-state index contributed by atoms with van der Waals surface area (Å²) in [7, 11) is 0. The van der Waals surface area contributed by atoms with E-state index in [9.17, 15) is 10.1 Å². The van der Waals surface area contributed by atoms with Crippen LogP contribution in [0, 0.1) is 11.3 Å². The number of rotatable bonds is 6. The zero-order chi connectivity index (χ0) is 16.9. The topological polar surface area (TPSA) is 78.7 Å². The lowest BCUT2D eigenvalue weighted by atomic mass is 9.96. The van der Waals surface area contributed by atoms with E-state index in [4.69, 9.17) is 0 Å². The van der Waals surface area contributed by atoms with Gasteiger partial charge in [-0.1, -0.05) is 41.8 Å².